The van der Waals surface area contributed by atoms with E-state index < -0.39 is 0 Å². The van der Waals surface area contributed by atoms with Gasteiger partial charge >= 0.3 is 0 Å². The number of hydrogen-bond donors (Lipinski definition) is 1. The molecule has 1 fully saturated rings. The summed E-state index contributed by atoms with van der Waals surface area (Å²) in [4.78, 5) is 15.0. The molecule has 3 rings (SSSR count). The molecule has 0 aromatic carbocycles. The van der Waals surface area contributed by atoms with Crippen molar-refractivity contribution in [1.82, 2.24) is 20.3 Å². The molecule has 2 aromatic heterocycles. The van der Waals surface area contributed by atoms with Crippen molar-refractivity contribution in [2.45, 2.75) is 13.0 Å². The molecule has 1 aliphatic heterocycles. The second kappa shape index (κ2) is 9.24. The summed E-state index contributed by atoms with van der Waals surface area (Å²) in [6.45, 7) is 5.75. The molecule has 1 saturated heterocycles. The van der Waals surface area contributed by atoms with Gasteiger partial charge in [0.2, 0.25) is 0 Å². The van der Waals surface area contributed by atoms with Crippen molar-refractivity contribution >= 4 is 18.2 Å². The molecule has 0 amide bonds. The van der Waals surface area contributed by atoms with Crippen LogP contribution in [0.5, 0.6) is 11.6 Å². The lowest BCUT2D eigenvalue weighted by molar-refractivity contribution is 0.211. The lowest BCUT2D eigenvalue weighted by Gasteiger charge is -2.35. The van der Waals surface area contributed by atoms with Crippen molar-refractivity contribution in [2.24, 2.45) is 0 Å². The van der Waals surface area contributed by atoms with E-state index in [1.807, 2.05) is 12.1 Å². The minimum atomic E-state index is 0. The lowest BCUT2D eigenvalue weighted by Crippen LogP contribution is -2.50. The number of ether oxygens (including phenoxy) is 2. The second-order valence-corrected chi connectivity index (χ2v) is 5.32. The Kier molecular flexibility index (Phi) is 7.02. The third-order valence-electron chi connectivity index (χ3n) is 3.65. The zero-order chi connectivity index (χ0) is 15.9. The highest BCUT2D eigenvalue weighted by Gasteiger charge is 2.23. The van der Waals surface area contributed by atoms with Crippen molar-refractivity contribution in [3.8, 4) is 11.6 Å². The number of aromatic nitrogens is 3. The van der Waals surface area contributed by atoms with Crippen molar-refractivity contribution in [3.63, 3.8) is 0 Å². The molecule has 24 heavy (non-hydrogen) atoms. The van der Waals surface area contributed by atoms with Crippen LogP contribution >= 0.6 is 12.4 Å². The van der Waals surface area contributed by atoms with Crippen molar-refractivity contribution in [3.05, 3.63) is 36.9 Å². The van der Waals surface area contributed by atoms with Gasteiger partial charge in [-0.2, -0.15) is 0 Å². The highest BCUT2D eigenvalue weighted by atomic mass is 35.5. The smallest absolute Gasteiger partial charge is 0.257 e. The van der Waals surface area contributed by atoms with Gasteiger partial charge in [0.1, 0.15) is 19.0 Å². The SMILES string of the molecule is C[C@H]1CNCCN1c1nccnc1OCCOc1cccnc1.Cl. The normalized spacial score (nSPS) is 17.0. The van der Waals surface area contributed by atoms with Crippen LogP contribution in [0.15, 0.2) is 36.9 Å². The maximum absolute atomic E-state index is 5.78. The first-order chi connectivity index (χ1) is 11.3. The van der Waals surface area contributed by atoms with Crippen LogP contribution in [0.2, 0.25) is 0 Å². The van der Waals surface area contributed by atoms with Gasteiger partial charge in [0.25, 0.3) is 5.88 Å². The Morgan fingerprint density at radius 2 is 2.04 bits per heavy atom. The summed E-state index contributed by atoms with van der Waals surface area (Å²) in [5.74, 6) is 2.07. The maximum Gasteiger partial charge on any atom is 0.257 e. The van der Waals surface area contributed by atoms with Crippen LogP contribution in [0, 0.1) is 0 Å². The molecule has 0 bridgehead atoms. The highest BCUT2D eigenvalue weighted by Crippen LogP contribution is 2.25. The molecule has 8 heteroatoms. The lowest BCUT2D eigenvalue weighted by atomic mass is 10.2. The summed E-state index contributed by atoms with van der Waals surface area (Å²) in [5.41, 5.74) is 0. The van der Waals surface area contributed by atoms with Crippen LogP contribution in [0.25, 0.3) is 0 Å². The van der Waals surface area contributed by atoms with Gasteiger partial charge in [-0.05, 0) is 19.1 Å². The summed E-state index contributed by atoms with van der Waals surface area (Å²) >= 11 is 0. The number of hydrogen-bond acceptors (Lipinski definition) is 7. The quantitative estimate of drug-likeness (QED) is 0.791. The van der Waals surface area contributed by atoms with Gasteiger partial charge in [0, 0.05) is 44.3 Å². The second-order valence-electron chi connectivity index (χ2n) is 5.32. The van der Waals surface area contributed by atoms with Crippen LogP contribution in [-0.2, 0) is 0 Å². The molecule has 7 nitrogen and oxygen atoms in total. The topological polar surface area (TPSA) is 72.4 Å². The van der Waals surface area contributed by atoms with E-state index in [0.29, 0.717) is 25.1 Å². The minimum Gasteiger partial charge on any atom is -0.488 e. The molecule has 1 atom stereocenters. The molecular weight excluding hydrogens is 330 g/mol. The van der Waals surface area contributed by atoms with Gasteiger partial charge in [-0.1, -0.05) is 0 Å². The van der Waals surface area contributed by atoms with Gasteiger partial charge in [0.05, 0.1) is 6.20 Å². The van der Waals surface area contributed by atoms with E-state index in [1.54, 1.807) is 24.8 Å². The summed E-state index contributed by atoms with van der Waals surface area (Å²) in [5, 5.41) is 3.37. The van der Waals surface area contributed by atoms with E-state index in [0.717, 1.165) is 31.2 Å². The Hall–Kier alpha value is -2.12. The predicted octanol–water partition coefficient (Wildman–Crippen LogP) is 1.55. The number of halogens is 1. The molecule has 1 N–H and O–H groups in total. The zero-order valence-corrected chi connectivity index (χ0v) is 14.4. The van der Waals surface area contributed by atoms with Crippen LogP contribution in [0.3, 0.4) is 0 Å². The Morgan fingerprint density at radius 3 is 2.83 bits per heavy atom. The highest BCUT2D eigenvalue weighted by molar-refractivity contribution is 5.85. The first-order valence-electron chi connectivity index (χ1n) is 7.78. The average molecular weight is 352 g/mol. The van der Waals surface area contributed by atoms with E-state index in [4.69, 9.17) is 9.47 Å². The van der Waals surface area contributed by atoms with Crippen LogP contribution < -0.4 is 19.7 Å². The molecule has 3 heterocycles. The predicted molar refractivity (Wildman–Crippen MR) is 94.2 cm³/mol. The summed E-state index contributed by atoms with van der Waals surface area (Å²) < 4.78 is 11.4. The molecule has 0 unspecified atom stereocenters. The van der Waals surface area contributed by atoms with E-state index in [9.17, 15) is 0 Å². The Balaban J connectivity index is 0.00000208. The first-order valence-corrected chi connectivity index (χ1v) is 7.78. The summed E-state index contributed by atoms with van der Waals surface area (Å²) in [6.07, 6.45) is 6.73. The van der Waals surface area contributed by atoms with Crippen molar-refractivity contribution < 1.29 is 9.47 Å². The molecule has 1 aliphatic rings. The molecule has 0 spiro atoms. The van der Waals surface area contributed by atoms with Gasteiger partial charge in [-0.25, -0.2) is 9.97 Å². The van der Waals surface area contributed by atoms with Crippen LogP contribution in [-0.4, -0.2) is 53.8 Å². The fourth-order valence-electron chi connectivity index (χ4n) is 2.50. The van der Waals surface area contributed by atoms with Gasteiger partial charge in [-0.3, -0.25) is 4.98 Å². The van der Waals surface area contributed by atoms with Crippen molar-refractivity contribution in [1.29, 1.82) is 0 Å². The third-order valence-corrected chi connectivity index (χ3v) is 3.65. The Morgan fingerprint density at radius 1 is 1.21 bits per heavy atom. The number of nitrogens with zero attached hydrogens (tertiary/aromatic N) is 4. The molecule has 0 saturated carbocycles. The van der Waals surface area contributed by atoms with E-state index in [-0.39, 0.29) is 12.4 Å². The number of nitrogens with one attached hydrogen (secondary N) is 1. The van der Waals surface area contributed by atoms with Crippen molar-refractivity contribution in [2.75, 3.05) is 37.7 Å². The van der Waals surface area contributed by atoms with E-state index in [2.05, 4.69) is 32.1 Å². The Labute approximate surface area is 147 Å². The summed E-state index contributed by atoms with van der Waals surface area (Å²) in [6, 6.07) is 4.06. The molecule has 2 aromatic rings. The van der Waals surface area contributed by atoms with Crippen LogP contribution in [0.4, 0.5) is 5.82 Å². The third kappa shape index (κ3) is 4.69. The number of anilines is 1. The molecule has 130 valence electrons. The standard InChI is InChI=1S/C16H21N5O2.ClH/c1-13-11-18-7-8-21(13)15-16(20-6-5-19-15)23-10-9-22-14-3-2-4-17-12-14;/h2-6,12-13,18H,7-11H2,1H3;1H/t13-;/m0./s1. The van der Waals surface area contributed by atoms with Gasteiger partial charge < -0.3 is 19.7 Å². The molecular formula is C16H22ClN5O2. The number of pyridine rings is 1. The van der Waals surface area contributed by atoms with Gasteiger partial charge in [-0.15, -0.1) is 12.4 Å². The largest absolute Gasteiger partial charge is 0.488 e. The fourth-order valence-corrected chi connectivity index (χ4v) is 2.50. The number of piperazine rings is 1. The molecule has 0 aliphatic carbocycles. The van der Waals surface area contributed by atoms with E-state index in [1.165, 1.54) is 0 Å². The fraction of sp³-hybridized carbons (Fsp3) is 0.438. The zero-order valence-electron chi connectivity index (χ0n) is 13.6. The van der Waals surface area contributed by atoms with Gasteiger partial charge in [0.15, 0.2) is 5.82 Å². The summed E-state index contributed by atoms with van der Waals surface area (Å²) in [7, 11) is 0. The average Bonchev–Trinajstić information content (AvgIpc) is 2.61. The number of rotatable bonds is 6. The molecule has 0 radical (unpaired) electrons. The van der Waals surface area contributed by atoms with Crippen LogP contribution in [0.1, 0.15) is 6.92 Å². The maximum atomic E-state index is 5.78. The Bertz CT molecular complexity index is 616. The minimum absolute atomic E-state index is 0. The monoisotopic (exact) mass is 351 g/mol. The van der Waals surface area contributed by atoms with E-state index >= 15 is 0 Å². The first kappa shape index (κ1) is 18.2.